The van der Waals surface area contributed by atoms with Crippen molar-refractivity contribution in [1.82, 2.24) is 5.32 Å². The van der Waals surface area contributed by atoms with E-state index in [1.165, 1.54) is 6.92 Å². The molecule has 1 atom stereocenters. The molecule has 3 amide bonds. The van der Waals surface area contributed by atoms with Crippen molar-refractivity contribution in [1.29, 1.82) is 0 Å². The summed E-state index contributed by atoms with van der Waals surface area (Å²) in [5.41, 5.74) is 0.621. The number of thioether (sulfide) groups is 1. The maximum atomic E-state index is 11.4. The van der Waals surface area contributed by atoms with Crippen LogP contribution < -0.4 is 10.6 Å². The number of imide groups is 1. The molecule has 0 aliphatic heterocycles. The van der Waals surface area contributed by atoms with Crippen molar-refractivity contribution in [2.45, 2.75) is 17.2 Å². The molecule has 1 unspecified atom stereocenters. The fourth-order valence-electron chi connectivity index (χ4n) is 1.05. The molecule has 17 heavy (non-hydrogen) atoms. The zero-order valence-corrected chi connectivity index (χ0v) is 11.1. The van der Waals surface area contributed by atoms with Crippen molar-refractivity contribution < 1.29 is 9.59 Å². The third kappa shape index (κ3) is 4.66. The molecular formula is C11H13ClN2O2S. The molecule has 4 nitrogen and oxygen atoms in total. The Kier molecular flexibility index (Phi) is 5.31. The lowest BCUT2D eigenvalue weighted by atomic mass is 10.3. The van der Waals surface area contributed by atoms with E-state index in [1.54, 1.807) is 23.9 Å². The minimum Gasteiger partial charge on any atom is -0.308 e. The zero-order valence-electron chi connectivity index (χ0n) is 9.49. The number of rotatable bonds is 3. The van der Waals surface area contributed by atoms with E-state index < -0.39 is 17.3 Å². The molecule has 1 rings (SSSR count). The summed E-state index contributed by atoms with van der Waals surface area (Å²) in [7, 11) is 0. The number of carbonyl (C=O) groups excluding carboxylic acids is 2. The van der Waals surface area contributed by atoms with Crippen LogP contribution in [0.25, 0.3) is 0 Å². The summed E-state index contributed by atoms with van der Waals surface area (Å²) in [4.78, 5) is 23.6. The van der Waals surface area contributed by atoms with Gasteiger partial charge in [0.2, 0.25) is 5.91 Å². The van der Waals surface area contributed by atoms with Crippen LogP contribution in [0.3, 0.4) is 0 Å². The van der Waals surface area contributed by atoms with Crippen LogP contribution in [0.2, 0.25) is 0 Å². The van der Waals surface area contributed by atoms with Crippen molar-refractivity contribution >= 4 is 41.0 Å². The summed E-state index contributed by atoms with van der Waals surface area (Å²) < 4.78 is 0. The molecule has 0 radical (unpaired) electrons. The zero-order chi connectivity index (χ0) is 12.8. The van der Waals surface area contributed by atoms with Crippen LogP contribution in [0.1, 0.15) is 6.92 Å². The molecule has 0 saturated heterocycles. The highest BCUT2D eigenvalue weighted by Crippen LogP contribution is 2.17. The fraction of sp³-hybridized carbons (Fsp3) is 0.273. The van der Waals surface area contributed by atoms with Gasteiger partial charge in [-0.25, -0.2) is 4.79 Å². The number of urea groups is 1. The second-order valence-electron chi connectivity index (χ2n) is 3.29. The van der Waals surface area contributed by atoms with Gasteiger partial charge in [-0.1, -0.05) is 0 Å². The van der Waals surface area contributed by atoms with E-state index in [-0.39, 0.29) is 0 Å². The maximum absolute atomic E-state index is 11.4. The molecule has 6 heteroatoms. The standard InChI is InChI=1S/C11H13ClN2O2S/c1-7(12)10(15)14-11(16)13-8-3-5-9(17-2)6-4-8/h3-7H,1-2H3,(H2,13,14,15,16). The molecule has 0 bridgehead atoms. The summed E-state index contributed by atoms with van der Waals surface area (Å²) >= 11 is 7.13. The highest BCUT2D eigenvalue weighted by Gasteiger charge is 2.12. The van der Waals surface area contributed by atoms with Crippen molar-refractivity contribution in [2.24, 2.45) is 0 Å². The average Bonchev–Trinajstić information content (AvgIpc) is 2.29. The Balaban J connectivity index is 2.53. The minimum absolute atomic E-state index is 0.523. The number of hydrogen-bond acceptors (Lipinski definition) is 3. The SMILES string of the molecule is CSc1ccc(NC(=O)NC(=O)C(C)Cl)cc1. The Morgan fingerprint density at radius 3 is 2.35 bits per heavy atom. The first-order valence-corrected chi connectivity index (χ1v) is 6.59. The molecule has 0 fully saturated rings. The van der Waals surface area contributed by atoms with E-state index in [4.69, 9.17) is 11.6 Å². The van der Waals surface area contributed by atoms with Gasteiger partial charge in [-0.2, -0.15) is 0 Å². The van der Waals surface area contributed by atoms with Gasteiger partial charge in [-0.15, -0.1) is 23.4 Å². The lowest BCUT2D eigenvalue weighted by molar-refractivity contribution is -0.119. The number of halogens is 1. The van der Waals surface area contributed by atoms with Crippen molar-refractivity contribution in [2.75, 3.05) is 11.6 Å². The van der Waals surface area contributed by atoms with E-state index in [0.717, 1.165) is 4.90 Å². The first-order chi connectivity index (χ1) is 8.02. The lowest BCUT2D eigenvalue weighted by Gasteiger charge is -2.07. The summed E-state index contributed by atoms with van der Waals surface area (Å²) in [6.45, 7) is 1.50. The van der Waals surface area contributed by atoms with Crippen LogP contribution in [0, 0.1) is 0 Å². The van der Waals surface area contributed by atoms with Gasteiger partial charge in [0.25, 0.3) is 0 Å². The summed E-state index contributed by atoms with van der Waals surface area (Å²) in [6, 6.07) is 6.71. The number of nitrogens with one attached hydrogen (secondary N) is 2. The monoisotopic (exact) mass is 272 g/mol. The number of amides is 3. The normalized spacial score (nSPS) is 11.7. The second-order valence-corrected chi connectivity index (χ2v) is 4.82. The van der Waals surface area contributed by atoms with Crippen molar-refractivity contribution in [3.63, 3.8) is 0 Å². The molecule has 0 spiro atoms. The van der Waals surface area contributed by atoms with Crippen LogP contribution in [0.5, 0.6) is 0 Å². The second kappa shape index (κ2) is 6.51. The predicted molar refractivity (Wildman–Crippen MR) is 70.7 cm³/mol. The molecular weight excluding hydrogens is 260 g/mol. The molecule has 92 valence electrons. The van der Waals surface area contributed by atoms with Gasteiger partial charge in [0, 0.05) is 10.6 Å². The summed E-state index contributed by atoms with van der Waals surface area (Å²) in [5, 5.41) is 3.93. The van der Waals surface area contributed by atoms with E-state index in [0.29, 0.717) is 5.69 Å². The Bertz CT molecular complexity index is 406. The maximum Gasteiger partial charge on any atom is 0.325 e. The van der Waals surface area contributed by atoms with Gasteiger partial charge >= 0.3 is 6.03 Å². The quantitative estimate of drug-likeness (QED) is 0.657. The largest absolute Gasteiger partial charge is 0.325 e. The third-order valence-corrected chi connectivity index (χ3v) is 2.89. The Hall–Kier alpha value is -1.20. The smallest absolute Gasteiger partial charge is 0.308 e. The Labute approximate surface area is 109 Å². The topological polar surface area (TPSA) is 58.2 Å². The number of carbonyl (C=O) groups is 2. The molecule has 0 aliphatic rings. The van der Waals surface area contributed by atoms with Gasteiger partial charge in [-0.05, 0) is 37.4 Å². The first kappa shape index (κ1) is 13.9. The average molecular weight is 273 g/mol. The third-order valence-electron chi connectivity index (χ3n) is 1.95. The van der Waals surface area contributed by atoms with E-state index >= 15 is 0 Å². The van der Waals surface area contributed by atoms with E-state index in [2.05, 4.69) is 10.6 Å². The van der Waals surface area contributed by atoms with Crippen LogP contribution in [-0.2, 0) is 4.79 Å². The van der Waals surface area contributed by atoms with Crippen LogP contribution >= 0.6 is 23.4 Å². The molecule has 0 aromatic heterocycles. The molecule has 2 N–H and O–H groups in total. The Morgan fingerprint density at radius 2 is 1.88 bits per heavy atom. The van der Waals surface area contributed by atoms with E-state index in [9.17, 15) is 9.59 Å². The van der Waals surface area contributed by atoms with Crippen molar-refractivity contribution in [3.05, 3.63) is 24.3 Å². The first-order valence-electron chi connectivity index (χ1n) is 4.93. The van der Waals surface area contributed by atoms with Crippen LogP contribution in [-0.4, -0.2) is 23.6 Å². The number of alkyl halides is 1. The molecule has 0 aliphatic carbocycles. The summed E-state index contributed by atoms with van der Waals surface area (Å²) in [6.07, 6.45) is 1.97. The van der Waals surface area contributed by atoms with Gasteiger partial charge in [0.15, 0.2) is 0 Å². The molecule has 1 aromatic rings. The lowest BCUT2D eigenvalue weighted by Crippen LogP contribution is -2.38. The van der Waals surface area contributed by atoms with E-state index in [1.807, 2.05) is 18.4 Å². The molecule has 0 heterocycles. The highest BCUT2D eigenvalue weighted by atomic mass is 35.5. The number of hydrogen-bond donors (Lipinski definition) is 2. The van der Waals surface area contributed by atoms with Crippen LogP contribution in [0.4, 0.5) is 10.5 Å². The highest BCUT2D eigenvalue weighted by molar-refractivity contribution is 7.98. The van der Waals surface area contributed by atoms with Crippen LogP contribution in [0.15, 0.2) is 29.2 Å². The molecule has 0 saturated carbocycles. The Morgan fingerprint density at radius 1 is 1.29 bits per heavy atom. The predicted octanol–water partition coefficient (Wildman–Crippen LogP) is 2.68. The fourth-order valence-corrected chi connectivity index (χ4v) is 1.51. The van der Waals surface area contributed by atoms with Gasteiger partial charge in [-0.3, -0.25) is 10.1 Å². The molecule has 1 aromatic carbocycles. The number of benzene rings is 1. The van der Waals surface area contributed by atoms with Gasteiger partial charge < -0.3 is 5.32 Å². The van der Waals surface area contributed by atoms with Crippen molar-refractivity contribution in [3.8, 4) is 0 Å². The van der Waals surface area contributed by atoms with Gasteiger partial charge in [0.1, 0.15) is 5.38 Å². The van der Waals surface area contributed by atoms with Gasteiger partial charge in [0.05, 0.1) is 0 Å². The minimum atomic E-state index is -0.736. The number of anilines is 1. The summed E-state index contributed by atoms with van der Waals surface area (Å²) in [5.74, 6) is -0.523.